The number of hydrogen-bond acceptors (Lipinski definition) is 3. The summed E-state index contributed by atoms with van der Waals surface area (Å²) >= 11 is 0. The standard InChI is InChI=1S/C35H39NO3/c1-23-12-11-17-29-21-25(3)26(4)32-30(22-27-13-7-5-8-14-27)36(33(38)28-15-9-6-10-16-28)34(39)35(29,32)31(37)19-18-24(2)20-23/h5-11,13-17,20-21,23,26,29-30,32H,12,18-19,22H2,1-4H3/b17-11+,24-20+/t23-,26+,29-,30-,32-,35+/m0/s1. The van der Waals surface area contributed by atoms with Gasteiger partial charge >= 0.3 is 0 Å². The molecule has 5 rings (SSSR count). The van der Waals surface area contributed by atoms with Crippen LogP contribution in [0.25, 0.3) is 0 Å². The van der Waals surface area contributed by atoms with E-state index in [0.29, 0.717) is 30.7 Å². The number of Topliss-reactive ketones (excluding diaryl/α,β-unsaturated/α-hetero) is 1. The van der Waals surface area contributed by atoms with Crippen molar-refractivity contribution in [2.75, 3.05) is 0 Å². The van der Waals surface area contributed by atoms with E-state index in [0.717, 1.165) is 12.0 Å². The lowest BCUT2D eigenvalue weighted by molar-refractivity contribution is -0.147. The monoisotopic (exact) mass is 521 g/mol. The average molecular weight is 522 g/mol. The normalized spacial score (nSPS) is 33.2. The van der Waals surface area contributed by atoms with E-state index in [4.69, 9.17) is 0 Å². The Balaban J connectivity index is 1.71. The summed E-state index contributed by atoms with van der Waals surface area (Å²) < 4.78 is 0. The van der Waals surface area contributed by atoms with Crippen LogP contribution < -0.4 is 0 Å². The zero-order valence-corrected chi connectivity index (χ0v) is 23.5. The van der Waals surface area contributed by atoms with Crippen molar-refractivity contribution in [3.63, 3.8) is 0 Å². The molecule has 0 radical (unpaired) electrons. The largest absolute Gasteiger partial charge is 0.298 e. The van der Waals surface area contributed by atoms with Gasteiger partial charge in [-0.15, -0.1) is 0 Å². The number of allylic oxidation sites excluding steroid dienone is 6. The molecule has 2 aliphatic carbocycles. The van der Waals surface area contributed by atoms with E-state index in [1.165, 1.54) is 16.0 Å². The SMILES string of the molecule is CC1=C[C@@H]2/C=C/C[C@H](C)/C=C(\C)CCC(=O)[C@]23C(=O)N(C(=O)c2ccccc2)[C@@H](Cc2ccccc2)[C@@H]3[C@@H]1C. The number of rotatable bonds is 3. The molecule has 0 N–H and O–H groups in total. The smallest absolute Gasteiger partial charge is 0.260 e. The molecule has 1 aliphatic heterocycles. The maximum atomic E-state index is 14.9. The topological polar surface area (TPSA) is 54.5 Å². The molecule has 0 aromatic heterocycles. The number of carbonyl (C=O) groups excluding carboxylic acids is 3. The quantitative estimate of drug-likeness (QED) is 0.249. The van der Waals surface area contributed by atoms with Crippen LogP contribution in [0.4, 0.5) is 0 Å². The molecule has 0 unspecified atom stereocenters. The van der Waals surface area contributed by atoms with Crippen LogP contribution in [-0.2, 0) is 16.0 Å². The van der Waals surface area contributed by atoms with Crippen molar-refractivity contribution in [1.82, 2.24) is 4.90 Å². The van der Waals surface area contributed by atoms with Crippen LogP contribution in [0.15, 0.2) is 96.1 Å². The first-order valence-corrected chi connectivity index (χ1v) is 14.3. The lowest BCUT2D eigenvalue weighted by Gasteiger charge is -2.44. The van der Waals surface area contributed by atoms with Crippen LogP contribution in [0.2, 0.25) is 0 Å². The lowest BCUT2D eigenvalue weighted by Crippen LogP contribution is -2.52. The van der Waals surface area contributed by atoms with Gasteiger partial charge in [-0.05, 0) is 62.6 Å². The first-order chi connectivity index (χ1) is 18.7. The Labute approximate surface area is 232 Å². The second-order valence-corrected chi connectivity index (χ2v) is 11.8. The van der Waals surface area contributed by atoms with Crippen molar-refractivity contribution in [2.24, 2.45) is 29.1 Å². The van der Waals surface area contributed by atoms with Gasteiger partial charge in [0.1, 0.15) is 11.2 Å². The van der Waals surface area contributed by atoms with Crippen molar-refractivity contribution < 1.29 is 14.4 Å². The van der Waals surface area contributed by atoms with Crippen molar-refractivity contribution in [2.45, 2.75) is 59.4 Å². The summed E-state index contributed by atoms with van der Waals surface area (Å²) in [6.07, 6.45) is 10.9. The maximum absolute atomic E-state index is 14.9. The molecule has 1 heterocycles. The summed E-state index contributed by atoms with van der Waals surface area (Å²) in [7, 11) is 0. The lowest BCUT2D eigenvalue weighted by atomic mass is 9.54. The number of carbonyl (C=O) groups is 3. The first kappa shape index (κ1) is 27.1. The van der Waals surface area contributed by atoms with Crippen LogP contribution in [0.1, 0.15) is 62.9 Å². The van der Waals surface area contributed by atoms with Gasteiger partial charge in [-0.1, -0.05) is 97.8 Å². The van der Waals surface area contributed by atoms with E-state index in [-0.39, 0.29) is 35.4 Å². The minimum absolute atomic E-state index is 0.0227. The van der Waals surface area contributed by atoms with E-state index in [1.54, 1.807) is 12.1 Å². The fourth-order valence-corrected chi connectivity index (χ4v) is 7.23. The van der Waals surface area contributed by atoms with E-state index >= 15 is 0 Å². The second kappa shape index (κ2) is 10.9. The maximum Gasteiger partial charge on any atom is 0.260 e. The number of hydrogen-bond donors (Lipinski definition) is 0. The molecule has 39 heavy (non-hydrogen) atoms. The fourth-order valence-electron chi connectivity index (χ4n) is 7.23. The molecule has 3 aliphatic rings. The highest BCUT2D eigenvalue weighted by Gasteiger charge is 2.68. The molecule has 4 nitrogen and oxygen atoms in total. The molecule has 6 atom stereocenters. The summed E-state index contributed by atoms with van der Waals surface area (Å²) in [4.78, 5) is 45.0. The molecule has 1 fully saturated rings. The highest BCUT2D eigenvalue weighted by Crippen LogP contribution is 2.58. The van der Waals surface area contributed by atoms with Crippen LogP contribution in [0.5, 0.6) is 0 Å². The van der Waals surface area contributed by atoms with Gasteiger partial charge in [0, 0.05) is 29.9 Å². The van der Waals surface area contributed by atoms with Crippen LogP contribution >= 0.6 is 0 Å². The average Bonchev–Trinajstić information content (AvgIpc) is 3.18. The Morgan fingerprint density at radius 3 is 2.28 bits per heavy atom. The molecule has 1 saturated heterocycles. The predicted octanol–water partition coefficient (Wildman–Crippen LogP) is 6.99. The number of imide groups is 1. The predicted molar refractivity (Wildman–Crippen MR) is 155 cm³/mol. The third-order valence-electron chi connectivity index (χ3n) is 9.23. The highest BCUT2D eigenvalue weighted by molar-refractivity contribution is 6.17. The zero-order chi connectivity index (χ0) is 27.7. The number of likely N-dealkylation sites (tertiary alicyclic amines) is 1. The van der Waals surface area contributed by atoms with Crippen molar-refractivity contribution in [3.05, 3.63) is 107 Å². The molecule has 2 amide bonds. The third kappa shape index (κ3) is 4.75. The number of ketones is 1. The Kier molecular flexibility index (Phi) is 7.57. The molecule has 2 aromatic rings. The van der Waals surface area contributed by atoms with Gasteiger partial charge < -0.3 is 0 Å². The summed E-state index contributed by atoms with van der Waals surface area (Å²) in [5, 5.41) is 0. The Morgan fingerprint density at radius 2 is 1.59 bits per heavy atom. The summed E-state index contributed by atoms with van der Waals surface area (Å²) in [5.41, 5.74) is 2.58. The molecule has 1 spiro atoms. The van der Waals surface area contributed by atoms with E-state index < -0.39 is 11.5 Å². The third-order valence-corrected chi connectivity index (χ3v) is 9.23. The van der Waals surface area contributed by atoms with Crippen molar-refractivity contribution >= 4 is 17.6 Å². The van der Waals surface area contributed by atoms with Gasteiger partial charge in [0.15, 0.2) is 0 Å². The molecule has 4 heteroatoms. The van der Waals surface area contributed by atoms with Gasteiger partial charge in [-0.2, -0.15) is 0 Å². The van der Waals surface area contributed by atoms with E-state index in [2.05, 4.69) is 52.0 Å². The molecule has 202 valence electrons. The van der Waals surface area contributed by atoms with Crippen LogP contribution in [0, 0.1) is 29.1 Å². The summed E-state index contributed by atoms with van der Waals surface area (Å²) in [6, 6.07) is 18.6. The van der Waals surface area contributed by atoms with Gasteiger partial charge in [0.25, 0.3) is 5.91 Å². The van der Waals surface area contributed by atoms with E-state index in [1.807, 2.05) is 48.5 Å². The van der Waals surface area contributed by atoms with Gasteiger partial charge in [-0.3, -0.25) is 19.3 Å². The molecular weight excluding hydrogens is 482 g/mol. The number of benzene rings is 2. The minimum atomic E-state index is -1.30. The zero-order valence-electron chi connectivity index (χ0n) is 23.5. The summed E-state index contributed by atoms with van der Waals surface area (Å²) in [5.74, 6) is -1.04. The number of amides is 2. The number of nitrogens with zero attached hydrogens (tertiary/aromatic N) is 1. The molecule has 0 saturated carbocycles. The Bertz CT molecular complexity index is 1340. The van der Waals surface area contributed by atoms with Crippen molar-refractivity contribution in [1.29, 1.82) is 0 Å². The molecular formula is C35H39NO3. The summed E-state index contributed by atoms with van der Waals surface area (Å²) in [6.45, 7) is 8.50. The second-order valence-electron chi connectivity index (χ2n) is 11.8. The van der Waals surface area contributed by atoms with Crippen LogP contribution in [0.3, 0.4) is 0 Å². The Morgan fingerprint density at radius 1 is 0.923 bits per heavy atom. The highest BCUT2D eigenvalue weighted by atomic mass is 16.2. The van der Waals surface area contributed by atoms with Gasteiger partial charge in [0.2, 0.25) is 5.91 Å². The first-order valence-electron chi connectivity index (χ1n) is 14.3. The molecule has 0 bridgehead atoms. The van der Waals surface area contributed by atoms with Gasteiger partial charge in [0.05, 0.1) is 0 Å². The molecule has 2 aromatic carbocycles. The van der Waals surface area contributed by atoms with Gasteiger partial charge in [-0.25, -0.2) is 0 Å². The fraction of sp³-hybridized carbons (Fsp3) is 0.400. The van der Waals surface area contributed by atoms with Crippen molar-refractivity contribution in [3.8, 4) is 0 Å². The van der Waals surface area contributed by atoms with Crippen LogP contribution in [-0.4, -0.2) is 28.5 Å². The van der Waals surface area contributed by atoms with E-state index in [9.17, 15) is 14.4 Å². The minimum Gasteiger partial charge on any atom is -0.298 e. The Hall–Kier alpha value is -3.53.